The van der Waals surface area contributed by atoms with E-state index in [-0.39, 0.29) is 36.0 Å². The summed E-state index contributed by atoms with van der Waals surface area (Å²) in [6, 6.07) is 9.11. The van der Waals surface area contributed by atoms with Gasteiger partial charge in [-0.3, -0.25) is 0 Å². The molecule has 1 heterocycles. The molecule has 3 aromatic rings. The molecule has 0 spiro atoms. The molecule has 3 N–H and O–H groups in total. The van der Waals surface area contributed by atoms with Gasteiger partial charge in [-0.25, -0.2) is 32.4 Å². The van der Waals surface area contributed by atoms with Crippen LogP contribution in [0.2, 0.25) is 0 Å². The van der Waals surface area contributed by atoms with Gasteiger partial charge in [-0.2, -0.15) is 5.10 Å². The minimum Gasteiger partial charge on any atom is -0.479 e. The van der Waals surface area contributed by atoms with E-state index in [1.54, 1.807) is 6.92 Å². The maximum atomic E-state index is 15.1. The van der Waals surface area contributed by atoms with E-state index in [9.17, 15) is 18.3 Å². The Morgan fingerprint density at radius 2 is 1.92 bits per heavy atom. The highest BCUT2D eigenvalue weighted by Crippen LogP contribution is 2.25. The van der Waals surface area contributed by atoms with E-state index in [2.05, 4.69) is 10.1 Å². The number of hydrogen-bond acceptors (Lipinski definition) is 7. The Hall–Kier alpha value is -2.90. The maximum Gasteiger partial charge on any atom is 0.333 e. The Bertz CT molecular complexity index is 1400. The number of aliphatic carboxylic acids is 1. The zero-order valence-corrected chi connectivity index (χ0v) is 22.8. The lowest BCUT2D eigenvalue weighted by Crippen LogP contribution is -2.31. The quantitative estimate of drug-likeness (QED) is 0.236. The van der Waals surface area contributed by atoms with Gasteiger partial charge in [-0.15, -0.1) is 11.6 Å². The summed E-state index contributed by atoms with van der Waals surface area (Å²) in [7, 11) is -4.12. The van der Waals surface area contributed by atoms with Crippen molar-refractivity contribution in [2.45, 2.75) is 44.1 Å². The van der Waals surface area contributed by atoms with Crippen LogP contribution in [0.3, 0.4) is 0 Å². The fourth-order valence-corrected chi connectivity index (χ4v) is 4.45. The third-order valence-corrected chi connectivity index (χ3v) is 6.94. The van der Waals surface area contributed by atoms with Crippen molar-refractivity contribution in [2.75, 3.05) is 25.7 Å². The molecule has 0 saturated carbocycles. The van der Waals surface area contributed by atoms with Crippen molar-refractivity contribution in [3.05, 3.63) is 70.6 Å². The van der Waals surface area contributed by atoms with Crippen molar-refractivity contribution >= 4 is 27.6 Å². The number of rotatable bonds is 13. The first-order valence-corrected chi connectivity index (χ1v) is 13.8. The van der Waals surface area contributed by atoms with E-state index in [0.29, 0.717) is 18.3 Å². The summed E-state index contributed by atoms with van der Waals surface area (Å²) in [6.07, 6.45) is -1.04. The number of carboxylic acids is 1. The molecule has 1 aromatic heterocycles. The minimum absolute atomic E-state index is 0.0118. The van der Waals surface area contributed by atoms with Gasteiger partial charge in [0.2, 0.25) is 10.0 Å². The number of primary sulfonamides is 1. The number of ether oxygens (including phenoxy) is 2. The van der Waals surface area contributed by atoms with Crippen LogP contribution >= 0.6 is 11.6 Å². The molecule has 0 aliphatic heterocycles. The van der Waals surface area contributed by atoms with Crippen LogP contribution < -0.4 is 5.14 Å². The maximum absolute atomic E-state index is 15.1. The summed E-state index contributed by atoms with van der Waals surface area (Å²) in [6.45, 7) is 5.95. The van der Waals surface area contributed by atoms with E-state index in [4.69, 9.17) is 26.2 Å². The summed E-state index contributed by atoms with van der Waals surface area (Å²) >= 11 is 5.57. The Morgan fingerprint density at radius 3 is 2.55 bits per heavy atom. The molecular weight excluding hydrogens is 539 g/mol. The number of halogens is 2. The van der Waals surface area contributed by atoms with Crippen LogP contribution in [0.25, 0.3) is 5.69 Å². The van der Waals surface area contributed by atoms with Gasteiger partial charge >= 0.3 is 5.97 Å². The fraction of sp³-hybridized carbons (Fsp3) is 0.400. The first-order valence-electron chi connectivity index (χ1n) is 11.7. The fourth-order valence-electron chi connectivity index (χ4n) is 3.82. The monoisotopic (exact) mass is 568 g/mol. The summed E-state index contributed by atoms with van der Waals surface area (Å²) in [5.74, 6) is -2.16. The molecule has 2 atom stereocenters. The molecule has 38 heavy (non-hydrogen) atoms. The smallest absolute Gasteiger partial charge is 0.333 e. The van der Waals surface area contributed by atoms with Crippen LogP contribution in [0, 0.1) is 19.7 Å². The first kappa shape index (κ1) is 29.7. The summed E-state index contributed by atoms with van der Waals surface area (Å²) in [4.78, 5) is 16.2. The van der Waals surface area contributed by atoms with E-state index in [1.807, 2.05) is 32.0 Å². The van der Waals surface area contributed by atoms with Crippen LogP contribution in [-0.4, -0.2) is 66.1 Å². The largest absolute Gasteiger partial charge is 0.479 e. The number of hydrogen-bond donors (Lipinski definition) is 2. The van der Waals surface area contributed by atoms with Gasteiger partial charge in [0.05, 0.1) is 30.6 Å². The highest BCUT2D eigenvalue weighted by Gasteiger charge is 2.31. The summed E-state index contributed by atoms with van der Waals surface area (Å²) < 4.78 is 50.5. The Kier molecular flexibility index (Phi) is 9.96. The van der Waals surface area contributed by atoms with Gasteiger partial charge in [0.1, 0.15) is 17.3 Å². The normalized spacial score (nSPS) is 13.4. The number of benzene rings is 2. The van der Waals surface area contributed by atoms with Crippen LogP contribution in [0.4, 0.5) is 4.39 Å². The zero-order valence-electron chi connectivity index (χ0n) is 21.2. The van der Waals surface area contributed by atoms with Crippen LogP contribution in [0.1, 0.15) is 41.2 Å². The topological polar surface area (TPSA) is 147 Å². The van der Waals surface area contributed by atoms with Gasteiger partial charge in [0.15, 0.2) is 11.9 Å². The van der Waals surface area contributed by atoms with Crippen LogP contribution in [0.15, 0.2) is 41.3 Å². The third-order valence-electron chi connectivity index (χ3n) is 5.87. The van der Waals surface area contributed by atoms with Crippen molar-refractivity contribution in [1.29, 1.82) is 0 Å². The van der Waals surface area contributed by atoms with E-state index in [1.165, 1.54) is 16.8 Å². The minimum atomic E-state index is -4.12. The zero-order chi connectivity index (χ0) is 28.0. The third kappa shape index (κ3) is 7.35. The number of carboxylic acid groups (broad SMARTS) is 1. The second kappa shape index (κ2) is 12.8. The number of aryl methyl sites for hydroxylation is 2. The predicted molar refractivity (Wildman–Crippen MR) is 139 cm³/mol. The van der Waals surface area contributed by atoms with Crippen LogP contribution in [-0.2, 0) is 30.7 Å². The number of aromatic nitrogens is 3. The molecule has 2 unspecified atom stereocenters. The molecule has 0 radical (unpaired) electrons. The second-order valence-electron chi connectivity index (χ2n) is 8.78. The molecule has 10 nitrogen and oxygen atoms in total. The molecule has 13 heteroatoms. The second-order valence-corrected chi connectivity index (χ2v) is 10.7. The highest BCUT2D eigenvalue weighted by atomic mass is 35.5. The summed E-state index contributed by atoms with van der Waals surface area (Å²) in [5, 5.41) is 19.3. The standard InChI is InChI=1S/C25H30ClFN4O6S/c1-15-4-5-16(2)18(12-15)13-22-29-24(17(3)23(25(32)33)37-11-10-36-9-8-26)30-31(22)21-7-6-19(14-20(21)27)38(28,34)35/h4-7,12,14,17,23H,8-11,13H2,1-3H3,(H,32,33)(H2,28,34,35). The average Bonchev–Trinajstić information content (AvgIpc) is 3.26. The average molecular weight is 569 g/mol. The molecule has 0 amide bonds. The van der Waals surface area contributed by atoms with Crippen molar-refractivity contribution in [2.24, 2.45) is 5.14 Å². The SMILES string of the molecule is Cc1ccc(C)c(Cc2nc(C(C)C(OCCOCCCl)C(=O)O)nn2-c2ccc(S(N)(=O)=O)cc2F)c1. The van der Waals surface area contributed by atoms with Crippen LogP contribution in [0.5, 0.6) is 0 Å². The lowest BCUT2D eigenvalue weighted by atomic mass is 10.0. The number of alkyl halides is 1. The van der Waals surface area contributed by atoms with E-state index < -0.39 is 33.8 Å². The lowest BCUT2D eigenvalue weighted by Gasteiger charge is -2.18. The van der Waals surface area contributed by atoms with Crippen molar-refractivity contribution in [1.82, 2.24) is 14.8 Å². The number of carbonyl (C=O) groups is 1. The number of nitrogens with zero attached hydrogens (tertiary/aromatic N) is 3. The summed E-state index contributed by atoms with van der Waals surface area (Å²) in [5.41, 5.74) is 2.85. The Morgan fingerprint density at radius 1 is 1.18 bits per heavy atom. The molecule has 0 aliphatic rings. The molecule has 0 saturated heterocycles. The van der Waals surface area contributed by atoms with Gasteiger partial charge in [-0.1, -0.05) is 30.7 Å². The molecule has 3 rings (SSSR count). The van der Waals surface area contributed by atoms with Crippen molar-refractivity contribution < 1.29 is 32.2 Å². The van der Waals surface area contributed by atoms with Gasteiger partial charge in [0.25, 0.3) is 0 Å². The molecule has 0 fully saturated rings. The van der Waals surface area contributed by atoms with Crippen molar-refractivity contribution in [3.63, 3.8) is 0 Å². The molecule has 206 valence electrons. The van der Waals surface area contributed by atoms with Gasteiger partial charge < -0.3 is 14.6 Å². The predicted octanol–water partition coefficient (Wildman–Crippen LogP) is 3.09. The molecule has 0 aliphatic carbocycles. The molecule has 2 aromatic carbocycles. The van der Waals surface area contributed by atoms with E-state index >= 15 is 4.39 Å². The number of nitrogens with two attached hydrogens (primary N) is 1. The molecular formula is C25H30ClFN4O6S. The van der Waals surface area contributed by atoms with E-state index in [0.717, 1.165) is 22.8 Å². The highest BCUT2D eigenvalue weighted by molar-refractivity contribution is 7.89. The lowest BCUT2D eigenvalue weighted by molar-refractivity contribution is -0.152. The number of sulfonamides is 1. The Labute approximate surface area is 225 Å². The van der Waals surface area contributed by atoms with Gasteiger partial charge in [-0.05, 0) is 43.2 Å². The first-order chi connectivity index (χ1) is 17.9. The Balaban J connectivity index is 2.03. The van der Waals surface area contributed by atoms with Gasteiger partial charge in [0, 0.05) is 12.3 Å². The molecule has 0 bridgehead atoms. The van der Waals surface area contributed by atoms with Crippen molar-refractivity contribution in [3.8, 4) is 5.69 Å².